The van der Waals surface area contributed by atoms with Gasteiger partial charge in [0.1, 0.15) is 6.10 Å². The molecule has 4 rings (SSSR count). The van der Waals surface area contributed by atoms with Crippen molar-refractivity contribution in [3.63, 3.8) is 0 Å². The van der Waals surface area contributed by atoms with Gasteiger partial charge in [-0.05, 0) is 43.7 Å². The molecule has 0 saturated carbocycles. The monoisotopic (exact) mass is 385 g/mol. The zero-order chi connectivity index (χ0) is 19.5. The van der Waals surface area contributed by atoms with Gasteiger partial charge in [-0.15, -0.1) is 0 Å². The molecule has 2 atom stereocenters. The highest BCUT2D eigenvalue weighted by molar-refractivity contribution is 5.74. The van der Waals surface area contributed by atoms with Gasteiger partial charge in [0.2, 0.25) is 5.88 Å². The molecule has 28 heavy (non-hydrogen) atoms. The Hall–Kier alpha value is -2.61. The van der Waals surface area contributed by atoms with E-state index in [2.05, 4.69) is 27.4 Å². The number of rotatable bonds is 4. The Morgan fingerprint density at radius 1 is 1.29 bits per heavy atom. The van der Waals surface area contributed by atoms with Gasteiger partial charge in [-0.25, -0.2) is 9.78 Å². The van der Waals surface area contributed by atoms with Crippen LogP contribution in [0.15, 0.2) is 24.5 Å². The number of piperidine rings is 1. The maximum atomic E-state index is 12.8. The second-order valence-electron chi connectivity index (χ2n) is 7.48. The number of urea groups is 1. The molecule has 0 unspecified atom stereocenters. The quantitative estimate of drug-likeness (QED) is 0.844. The summed E-state index contributed by atoms with van der Waals surface area (Å²) in [6.45, 7) is 4.19. The fourth-order valence-electron chi connectivity index (χ4n) is 4.16. The summed E-state index contributed by atoms with van der Waals surface area (Å²) >= 11 is 0. The van der Waals surface area contributed by atoms with E-state index >= 15 is 0 Å². The van der Waals surface area contributed by atoms with Crippen LogP contribution in [0.2, 0.25) is 0 Å². The van der Waals surface area contributed by atoms with Crippen molar-refractivity contribution in [2.24, 2.45) is 0 Å². The summed E-state index contributed by atoms with van der Waals surface area (Å²) < 4.78 is 11.0. The molecule has 2 amide bonds. The third-order valence-corrected chi connectivity index (χ3v) is 5.79. The van der Waals surface area contributed by atoms with E-state index in [0.29, 0.717) is 18.4 Å². The van der Waals surface area contributed by atoms with Crippen LogP contribution in [0.25, 0.3) is 0 Å². The Bertz CT molecular complexity index is 798. The van der Waals surface area contributed by atoms with Crippen molar-refractivity contribution < 1.29 is 14.3 Å². The van der Waals surface area contributed by atoms with Crippen LogP contribution in [0, 0.1) is 6.92 Å². The number of hydrogen-bond donors (Lipinski definition) is 2. The Balaban J connectivity index is 1.33. The summed E-state index contributed by atoms with van der Waals surface area (Å²) in [6.07, 6.45) is 6.22. The lowest BCUT2D eigenvalue weighted by Crippen LogP contribution is -2.48. The number of H-pyrrole nitrogens is 1. The van der Waals surface area contributed by atoms with Crippen LogP contribution < -0.4 is 10.1 Å². The van der Waals surface area contributed by atoms with Crippen molar-refractivity contribution in [2.75, 3.05) is 26.8 Å². The molecule has 0 spiro atoms. The summed E-state index contributed by atoms with van der Waals surface area (Å²) in [5.74, 6) is 1.04. The average molecular weight is 385 g/mol. The van der Waals surface area contributed by atoms with E-state index in [9.17, 15) is 4.79 Å². The molecule has 0 bridgehead atoms. The van der Waals surface area contributed by atoms with Crippen LogP contribution in [0.4, 0.5) is 4.79 Å². The lowest BCUT2D eigenvalue weighted by Gasteiger charge is -2.33. The Kier molecular flexibility index (Phi) is 5.47. The van der Waals surface area contributed by atoms with Gasteiger partial charge in [-0.3, -0.25) is 5.10 Å². The molecule has 2 N–H and O–H groups in total. The lowest BCUT2D eigenvalue weighted by atomic mass is 9.90. The van der Waals surface area contributed by atoms with Gasteiger partial charge in [0.25, 0.3) is 0 Å². The zero-order valence-electron chi connectivity index (χ0n) is 16.4. The number of likely N-dealkylation sites (tertiary alicyclic amines) is 1. The number of amides is 2. The molecule has 0 aliphatic carbocycles. The number of carbonyl (C=O) groups is 1. The lowest BCUT2D eigenvalue weighted by molar-refractivity contribution is 0.0970. The number of pyridine rings is 1. The van der Waals surface area contributed by atoms with Gasteiger partial charge in [0.15, 0.2) is 0 Å². The third-order valence-electron chi connectivity index (χ3n) is 5.79. The second-order valence-corrected chi connectivity index (χ2v) is 7.48. The van der Waals surface area contributed by atoms with Gasteiger partial charge >= 0.3 is 6.03 Å². The first-order chi connectivity index (χ1) is 13.7. The van der Waals surface area contributed by atoms with Gasteiger partial charge < -0.3 is 19.7 Å². The maximum Gasteiger partial charge on any atom is 0.317 e. The van der Waals surface area contributed by atoms with Crippen molar-refractivity contribution in [3.8, 4) is 5.88 Å². The highest BCUT2D eigenvalue weighted by Crippen LogP contribution is 2.31. The van der Waals surface area contributed by atoms with Crippen molar-refractivity contribution in [1.29, 1.82) is 0 Å². The van der Waals surface area contributed by atoms with Crippen LogP contribution in [-0.4, -0.2) is 59.0 Å². The molecule has 150 valence electrons. The first-order valence-electron chi connectivity index (χ1n) is 9.82. The molecule has 2 saturated heterocycles. The molecule has 2 aliphatic rings. The summed E-state index contributed by atoms with van der Waals surface area (Å²) in [5.41, 5.74) is 3.36. The highest BCUT2D eigenvalue weighted by Gasteiger charge is 2.33. The van der Waals surface area contributed by atoms with E-state index in [0.717, 1.165) is 43.6 Å². The SMILES string of the molecule is COc1ccc([C@H]2OCC[C@@H]2NC(=O)N2CCC(c3cn[nH]c3C)CC2)cn1. The van der Waals surface area contributed by atoms with Gasteiger partial charge in [0, 0.05) is 43.2 Å². The minimum absolute atomic E-state index is 0.00987. The average Bonchev–Trinajstić information content (AvgIpc) is 3.37. The molecule has 2 aliphatic heterocycles. The molecule has 2 fully saturated rings. The highest BCUT2D eigenvalue weighted by atomic mass is 16.5. The number of nitrogens with one attached hydrogen (secondary N) is 2. The zero-order valence-corrected chi connectivity index (χ0v) is 16.4. The first-order valence-corrected chi connectivity index (χ1v) is 9.82. The van der Waals surface area contributed by atoms with Gasteiger partial charge in [-0.1, -0.05) is 0 Å². The maximum absolute atomic E-state index is 12.8. The van der Waals surface area contributed by atoms with Crippen molar-refractivity contribution in [2.45, 2.75) is 44.2 Å². The molecule has 0 radical (unpaired) electrons. The van der Waals surface area contributed by atoms with Crippen molar-refractivity contribution >= 4 is 6.03 Å². The number of nitrogens with zero attached hydrogens (tertiary/aromatic N) is 3. The van der Waals surface area contributed by atoms with Crippen LogP contribution in [0.5, 0.6) is 5.88 Å². The van der Waals surface area contributed by atoms with E-state index in [-0.39, 0.29) is 18.2 Å². The standard InChI is InChI=1S/C20H27N5O3/c1-13-16(12-22-24-13)14-5-8-25(9-6-14)20(26)23-17-7-10-28-19(17)15-3-4-18(27-2)21-11-15/h3-4,11-12,14,17,19H,5-10H2,1-2H3,(H,22,24)(H,23,26)/t17-,19+/m0/s1. The third kappa shape index (κ3) is 3.82. The minimum atomic E-state index is -0.173. The molecule has 0 aromatic carbocycles. The number of ether oxygens (including phenoxy) is 2. The van der Waals surface area contributed by atoms with Crippen molar-refractivity contribution in [3.05, 3.63) is 41.3 Å². The number of aromatic amines is 1. The number of aryl methyl sites for hydroxylation is 1. The van der Waals surface area contributed by atoms with Crippen molar-refractivity contribution in [1.82, 2.24) is 25.4 Å². The predicted octanol–water partition coefficient (Wildman–Crippen LogP) is 2.54. The number of hydrogen-bond acceptors (Lipinski definition) is 5. The molecule has 8 nitrogen and oxygen atoms in total. The number of methoxy groups -OCH3 is 1. The minimum Gasteiger partial charge on any atom is -0.481 e. The fourth-order valence-corrected chi connectivity index (χ4v) is 4.16. The fraction of sp³-hybridized carbons (Fsp3) is 0.550. The number of carbonyl (C=O) groups excluding carboxylic acids is 1. The van der Waals surface area contributed by atoms with E-state index in [1.807, 2.05) is 23.2 Å². The summed E-state index contributed by atoms with van der Waals surface area (Å²) in [7, 11) is 1.59. The molecule has 8 heteroatoms. The topological polar surface area (TPSA) is 92.4 Å². The van der Waals surface area contributed by atoms with Crippen LogP contribution >= 0.6 is 0 Å². The summed E-state index contributed by atoms with van der Waals surface area (Å²) in [6, 6.07) is 3.71. The number of aromatic nitrogens is 3. The largest absolute Gasteiger partial charge is 0.481 e. The molecular formula is C20H27N5O3. The van der Waals surface area contributed by atoms with Crippen LogP contribution in [-0.2, 0) is 4.74 Å². The first kappa shape index (κ1) is 18.7. The van der Waals surface area contributed by atoms with Gasteiger partial charge in [-0.2, -0.15) is 5.10 Å². The van der Waals surface area contributed by atoms with Crippen LogP contribution in [0.3, 0.4) is 0 Å². The molecule has 4 heterocycles. The summed E-state index contributed by atoms with van der Waals surface area (Å²) in [5, 5.41) is 10.3. The summed E-state index contributed by atoms with van der Waals surface area (Å²) in [4.78, 5) is 19.0. The molecule has 2 aromatic rings. The Labute approximate surface area is 164 Å². The Morgan fingerprint density at radius 2 is 2.11 bits per heavy atom. The van der Waals surface area contributed by atoms with E-state index in [1.54, 1.807) is 13.3 Å². The van der Waals surface area contributed by atoms with Gasteiger partial charge in [0.05, 0.1) is 19.3 Å². The second kappa shape index (κ2) is 8.18. The normalized spacial score (nSPS) is 23.0. The van der Waals surface area contributed by atoms with E-state index < -0.39 is 0 Å². The molecular weight excluding hydrogens is 358 g/mol. The molecule has 2 aromatic heterocycles. The smallest absolute Gasteiger partial charge is 0.317 e. The van der Waals surface area contributed by atoms with Crippen LogP contribution in [0.1, 0.15) is 48.1 Å². The Morgan fingerprint density at radius 3 is 2.75 bits per heavy atom. The predicted molar refractivity (Wildman–Crippen MR) is 103 cm³/mol. The van der Waals surface area contributed by atoms with E-state index in [4.69, 9.17) is 9.47 Å². The van der Waals surface area contributed by atoms with E-state index in [1.165, 1.54) is 5.56 Å².